The van der Waals surface area contributed by atoms with Crippen molar-refractivity contribution in [2.45, 2.75) is 19.8 Å². The van der Waals surface area contributed by atoms with Crippen LogP contribution in [0.5, 0.6) is 0 Å². The monoisotopic (exact) mass is 334 g/mol. The maximum atomic E-state index is 11.5. The van der Waals surface area contributed by atoms with Gasteiger partial charge in [-0.2, -0.15) is 5.10 Å². The highest BCUT2D eigenvalue weighted by Crippen LogP contribution is 2.09. The third-order valence-corrected chi connectivity index (χ3v) is 3.08. The molecule has 1 aromatic carbocycles. The lowest BCUT2D eigenvalue weighted by Crippen LogP contribution is -2.11. The first-order chi connectivity index (χ1) is 9.67. The van der Waals surface area contributed by atoms with Crippen molar-refractivity contribution < 1.29 is 0 Å². The van der Waals surface area contributed by atoms with Crippen LogP contribution >= 0.6 is 15.9 Å². The summed E-state index contributed by atoms with van der Waals surface area (Å²) in [4.78, 5) is 18.3. The molecule has 0 aliphatic rings. The van der Waals surface area contributed by atoms with Crippen molar-refractivity contribution >= 4 is 28.1 Å². The maximum Gasteiger partial charge on any atom is 0.252 e. The molecular weight excluding hydrogens is 320 g/mol. The van der Waals surface area contributed by atoms with E-state index >= 15 is 0 Å². The number of halogens is 1. The van der Waals surface area contributed by atoms with Crippen LogP contribution in [0.2, 0.25) is 0 Å². The SMILES string of the molecule is CCCc1cc(=O)[nH]c(N/N=C/c2ccc(Br)cc2)n1. The van der Waals surface area contributed by atoms with E-state index in [4.69, 9.17) is 0 Å². The van der Waals surface area contributed by atoms with Gasteiger partial charge in [0, 0.05) is 16.2 Å². The standard InChI is InChI=1S/C14H15BrN4O/c1-2-3-12-8-13(20)18-14(17-12)19-16-9-10-4-6-11(15)7-5-10/h4-9H,2-3H2,1H3,(H2,17,18,19,20)/b16-9+. The Balaban J connectivity index is 2.06. The van der Waals surface area contributed by atoms with Gasteiger partial charge in [-0.05, 0) is 24.1 Å². The first-order valence-electron chi connectivity index (χ1n) is 6.32. The van der Waals surface area contributed by atoms with Gasteiger partial charge in [-0.3, -0.25) is 9.78 Å². The summed E-state index contributed by atoms with van der Waals surface area (Å²) < 4.78 is 1.01. The van der Waals surface area contributed by atoms with Crippen LogP contribution < -0.4 is 11.0 Å². The van der Waals surface area contributed by atoms with Gasteiger partial charge in [-0.15, -0.1) is 0 Å². The molecule has 6 heteroatoms. The van der Waals surface area contributed by atoms with Gasteiger partial charge in [0.1, 0.15) is 0 Å². The van der Waals surface area contributed by atoms with Crippen LogP contribution in [0.25, 0.3) is 0 Å². The Bertz CT molecular complexity index is 649. The molecule has 20 heavy (non-hydrogen) atoms. The summed E-state index contributed by atoms with van der Waals surface area (Å²) in [6.07, 6.45) is 3.38. The number of nitrogens with zero attached hydrogens (tertiary/aromatic N) is 2. The summed E-state index contributed by atoms with van der Waals surface area (Å²) in [7, 11) is 0. The third-order valence-electron chi connectivity index (χ3n) is 2.55. The van der Waals surface area contributed by atoms with E-state index in [9.17, 15) is 4.79 Å². The number of aromatic amines is 1. The van der Waals surface area contributed by atoms with Gasteiger partial charge in [0.15, 0.2) is 0 Å². The number of aromatic nitrogens is 2. The Hall–Kier alpha value is -1.95. The van der Waals surface area contributed by atoms with Crippen LogP contribution in [-0.2, 0) is 6.42 Å². The molecule has 0 amide bonds. The molecule has 0 fully saturated rings. The van der Waals surface area contributed by atoms with E-state index in [2.05, 4.69) is 36.4 Å². The van der Waals surface area contributed by atoms with Crippen molar-refractivity contribution in [2.24, 2.45) is 5.10 Å². The van der Waals surface area contributed by atoms with Crippen LogP contribution in [-0.4, -0.2) is 16.2 Å². The second-order valence-electron chi connectivity index (χ2n) is 4.26. The lowest BCUT2D eigenvalue weighted by atomic mass is 10.2. The largest absolute Gasteiger partial charge is 0.291 e. The van der Waals surface area contributed by atoms with Crippen molar-refractivity contribution in [3.05, 3.63) is 56.4 Å². The molecule has 0 aliphatic heterocycles. The number of aryl methyl sites for hydroxylation is 1. The Morgan fingerprint density at radius 3 is 2.85 bits per heavy atom. The van der Waals surface area contributed by atoms with Crippen molar-refractivity contribution in [3.63, 3.8) is 0 Å². The smallest absolute Gasteiger partial charge is 0.252 e. The minimum Gasteiger partial charge on any atom is -0.291 e. The summed E-state index contributed by atoms with van der Waals surface area (Å²) in [6.45, 7) is 2.04. The first-order valence-corrected chi connectivity index (χ1v) is 7.11. The number of hydrogen-bond acceptors (Lipinski definition) is 4. The lowest BCUT2D eigenvalue weighted by Gasteiger charge is -2.02. The van der Waals surface area contributed by atoms with E-state index in [1.165, 1.54) is 6.07 Å². The van der Waals surface area contributed by atoms with E-state index < -0.39 is 0 Å². The molecule has 5 nitrogen and oxygen atoms in total. The molecule has 0 saturated heterocycles. The van der Waals surface area contributed by atoms with Crippen LogP contribution in [0, 0.1) is 0 Å². The minimum atomic E-state index is -0.176. The van der Waals surface area contributed by atoms with Gasteiger partial charge < -0.3 is 0 Å². The third kappa shape index (κ3) is 4.31. The van der Waals surface area contributed by atoms with Gasteiger partial charge in [-0.25, -0.2) is 10.4 Å². The molecule has 1 heterocycles. The molecule has 2 aromatic rings. The molecule has 2 rings (SSSR count). The molecule has 0 saturated carbocycles. The Kier molecular flexibility index (Phi) is 5.06. The Labute approximate surface area is 125 Å². The summed E-state index contributed by atoms with van der Waals surface area (Å²) in [5, 5.41) is 4.06. The number of H-pyrrole nitrogens is 1. The van der Waals surface area contributed by atoms with Crippen LogP contribution in [0.1, 0.15) is 24.6 Å². The molecule has 0 atom stereocenters. The van der Waals surface area contributed by atoms with Crippen molar-refractivity contribution in [1.29, 1.82) is 0 Å². The predicted octanol–water partition coefficient (Wildman–Crippen LogP) is 2.93. The molecule has 0 unspecified atom stereocenters. The summed E-state index contributed by atoms with van der Waals surface area (Å²) in [5.74, 6) is 0.356. The zero-order chi connectivity index (χ0) is 14.4. The second-order valence-corrected chi connectivity index (χ2v) is 5.17. The molecule has 0 spiro atoms. The fraction of sp³-hybridized carbons (Fsp3) is 0.214. The van der Waals surface area contributed by atoms with E-state index in [-0.39, 0.29) is 5.56 Å². The van der Waals surface area contributed by atoms with E-state index in [1.54, 1.807) is 6.21 Å². The number of benzene rings is 1. The fourth-order valence-electron chi connectivity index (χ4n) is 1.66. The quantitative estimate of drug-likeness (QED) is 0.652. The van der Waals surface area contributed by atoms with Crippen molar-refractivity contribution in [2.75, 3.05) is 5.43 Å². The van der Waals surface area contributed by atoms with E-state index in [0.29, 0.717) is 5.95 Å². The number of rotatable bonds is 5. The first kappa shape index (κ1) is 14.5. The molecule has 2 N–H and O–H groups in total. The van der Waals surface area contributed by atoms with Crippen LogP contribution in [0.15, 0.2) is 44.7 Å². The molecule has 0 aliphatic carbocycles. The summed E-state index contributed by atoms with van der Waals surface area (Å²) in [6, 6.07) is 9.23. The predicted molar refractivity (Wildman–Crippen MR) is 84.2 cm³/mol. The molecule has 0 radical (unpaired) electrons. The van der Waals surface area contributed by atoms with Gasteiger partial charge in [0.05, 0.1) is 6.21 Å². The van der Waals surface area contributed by atoms with Gasteiger partial charge in [-0.1, -0.05) is 41.4 Å². The fourth-order valence-corrected chi connectivity index (χ4v) is 1.93. The summed E-state index contributed by atoms with van der Waals surface area (Å²) >= 11 is 3.37. The number of hydrogen-bond donors (Lipinski definition) is 2. The van der Waals surface area contributed by atoms with Crippen LogP contribution in [0.3, 0.4) is 0 Å². The Morgan fingerprint density at radius 2 is 2.15 bits per heavy atom. The lowest BCUT2D eigenvalue weighted by molar-refractivity contribution is 0.867. The topological polar surface area (TPSA) is 70.1 Å². The van der Waals surface area contributed by atoms with Gasteiger partial charge >= 0.3 is 0 Å². The molecule has 1 aromatic heterocycles. The number of hydrazone groups is 1. The highest BCUT2D eigenvalue weighted by Gasteiger charge is 1.99. The maximum absolute atomic E-state index is 11.5. The zero-order valence-corrected chi connectivity index (χ0v) is 12.6. The zero-order valence-electron chi connectivity index (χ0n) is 11.1. The van der Waals surface area contributed by atoms with E-state index in [0.717, 1.165) is 28.6 Å². The minimum absolute atomic E-state index is 0.176. The second kappa shape index (κ2) is 7.00. The molecule has 104 valence electrons. The van der Waals surface area contributed by atoms with Crippen LogP contribution in [0.4, 0.5) is 5.95 Å². The normalized spacial score (nSPS) is 10.9. The number of nitrogens with one attached hydrogen (secondary N) is 2. The Morgan fingerprint density at radius 1 is 1.40 bits per heavy atom. The average molecular weight is 335 g/mol. The highest BCUT2D eigenvalue weighted by molar-refractivity contribution is 9.10. The van der Waals surface area contributed by atoms with Gasteiger partial charge in [0.2, 0.25) is 5.95 Å². The number of anilines is 1. The van der Waals surface area contributed by atoms with Gasteiger partial charge in [0.25, 0.3) is 5.56 Å². The molecular formula is C14H15BrN4O. The van der Waals surface area contributed by atoms with Crippen molar-refractivity contribution in [3.8, 4) is 0 Å². The van der Waals surface area contributed by atoms with Crippen molar-refractivity contribution in [1.82, 2.24) is 9.97 Å². The highest BCUT2D eigenvalue weighted by atomic mass is 79.9. The average Bonchev–Trinajstić information content (AvgIpc) is 2.41. The summed E-state index contributed by atoms with van der Waals surface area (Å²) in [5.41, 5.74) is 4.28. The van der Waals surface area contributed by atoms with E-state index in [1.807, 2.05) is 31.2 Å². The molecule has 0 bridgehead atoms.